The summed E-state index contributed by atoms with van der Waals surface area (Å²) in [5, 5.41) is 9.15. The van der Waals surface area contributed by atoms with Crippen molar-refractivity contribution in [3.8, 4) is 0 Å². The van der Waals surface area contributed by atoms with Gasteiger partial charge in [0, 0.05) is 11.2 Å². The number of thiocarbonyl (C=S) groups is 1. The lowest BCUT2D eigenvalue weighted by Crippen LogP contribution is -2.46. The number of hydrogen-bond acceptors (Lipinski definition) is 2. The van der Waals surface area contributed by atoms with Gasteiger partial charge in [0.1, 0.15) is 0 Å². The lowest BCUT2D eigenvalue weighted by molar-refractivity contribution is -0.121. The third kappa shape index (κ3) is 6.20. The highest BCUT2D eigenvalue weighted by Crippen LogP contribution is 2.04. The first-order valence-corrected chi connectivity index (χ1v) is 6.18. The van der Waals surface area contributed by atoms with Crippen LogP contribution in [0.25, 0.3) is 0 Å². The summed E-state index contributed by atoms with van der Waals surface area (Å²) in [5.41, 5.74) is 0.666. The predicted octanol–water partition coefficient (Wildman–Crippen LogP) is 1.89. The van der Waals surface area contributed by atoms with Crippen molar-refractivity contribution in [3.63, 3.8) is 0 Å². The molecule has 1 aromatic carbocycles. The molecule has 1 rings (SSSR count). The van der Waals surface area contributed by atoms with Crippen LogP contribution in [0.5, 0.6) is 0 Å². The molecule has 4 nitrogen and oxygen atoms in total. The third-order valence-corrected chi connectivity index (χ3v) is 2.20. The molecule has 0 radical (unpaired) electrons. The highest BCUT2D eigenvalue weighted by atomic mass is 32.1. The van der Waals surface area contributed by atoms with Gasteiger partial charge in [-0.25, -0.2) is 0 Å². The second kappa shape index (κ2) is 6.35. The molecule has 0 bridgehead atoms. The molecule has 1 aromatic rings. The van der Waals surface area contributed by atoms with Crippen LogP contribution in [0, 0.1) is 0 Å². The van der Waals surface area contributed by atoms with E-state index in [-0.39, 0.29) is 18.0 Å². The molecule has 3 N–H and O–H groups in total. The zero-order valence-corrected chi connectivity index (χ0v) is 11.7. The van der Waals surface area contributed by atoms with Gasteiger partial charge in [-0.1, -0.05) is 18.2 Å². The third-order valence-electron chi connectivity index (χ3n) is 1.96. The Kier molecular flexibility index (Phi) is 5.09. The number of para-hydroxylation sites is 1. The maximum atomic E-state index is 11.6. The van der Waals surface area contributed by atoms with Crippen molar-refractivity contribution in [2.75, 3.05) is 11.9 Å². The summed E-state index contributed by atoms with van der Waals surface area (Å²) < 4.78 is 0. The summed E-state index contributed by atoms with van der Waals surface area (Å²) in [7, 11) is 0. The Morgan fingerprint density at radius 2 is 1.83 bits per heavy atom. The van der Waals surface area contributed by atoms with Crippen LogP contribution in [0.3, 0.4) is 0 Å². The van der Waals surface area contributed by atoms with Crippen LogP contribution in [0.2, 0.25) is 0 Å². The van der Waals surface area contributed by atoms with Gasteiger partial charge in [0.2, 0.25) is 5.91 Å². The summed E-state index contributed by atoms with van der Waals surface area (Å²) in [5.74, 6) is -0.0836. The van der Waals surface area contributed by atoms with Gasteiger partial charge >= 0.3 is 0 Å². The van der Waals surface area contributed by atoms with Crippen molar-refractivity contribution in [2.45, 2.75) is 26.3 Å². The minimum atomic E-state index is -0.229. The van der Waals surface area contributed by atoms with Crippen molar-refractivity contribution in [2.24, 2.45) is 0 Å². The number of anilines is 1. The number of rotatable bonds is 3. The normalized spacial score (nSPS) is 10.6. The van der Waals surface area contributed by atoms with Gasteiger partial charge in [0.15, 0.2) is 5.11 Å². The highest BCUT2D eigenvalue weighted by Gasteiger charge is 2.13. The van der Waals surface area contributed by atoms with E-state index in [0.717, 1.165) is 5.69 Å². The van der Waals surface area contributed by atoms with Crippen LogP contribution in [-0.2, 0) is 4.79 Å². The van der Waals surface area contributed by atoms with Gasteiger partial charge in [-0.3, -0.25) is 4.79 Å². The van der Waals surface area contributed by atoms with Crippen molar-refractivity contribution >= 4 is 28.9 Å². The van der Waals surface area contributed by atoms with E-state index in [9.17, 15) is 4.79 Å². The number of carbonyl (C=O) groups is 1. The number of benzene rings is 1. The lowest BCUT2D eigenvalue weighted by atomic mass is 10.1. The Hall–Kier alpha value is -1.62. The van der Waals surface area contributed by atoms with E-state index in [0.29, 0.717) is 5.11 Å². The molecule has 0 aliphatic carbocycles. The van der Waals surface area contributed by atoms with Gasteiger partial charge in [0.05, 0.1) is 6.54 Å². The summed E-state index contributed by atoms with van der Waals surface area (Å²) in [6, 6.07) is 9.57. The Bertz CT molecular complexity index is 412. The second-order valence-corrected chi connectivity index (χ2v) is 5.38. The summed E-state index contributed by atoms with van der Waals surface area (Å²) in [6.45, 7) is 5.97. The Balaban J connectivity index is 2.32. The van der Waals surface area contributed by atoms with Crippen molar-refractivity contribution in [1.82, 2.24) is 10.6 Å². The van der Waals surface area contributed by atoms with E-state index in [4.69, 9.17) is 12.2 Å². The minimum absolute atomic E-state index is 0.0836. The molecule has 5 heteroatoms. The topological polar surface area (TPSA) is 53.2 Å². The molecular weight excluding hydrogens is 246 g/mol. The Morgan fingerprint density at radius 1 is 1.22 bits per heavy atom. The first-order valence-electron chi connectivity index (χ1n) is 5.78. The Labute approximate surface area is 113 Å². The van der Waals surface area contributed by atoms with E-state index in [1.54, 1.807) is 0 Å². The molecule has 1 amide bonds. The van der Waals surface area contributed by atoms with E-state index in [2.05, 4.69) is 16.0 Å². The summed E-state index contributed by atoms with van der Waals surface area (Å²) in [6.07, 6.45) is 0. The van der Waals surface area contributed by atoms with Gasteiger partial charge < -0.3 is 16.0 Å². The molecule has 0 saturated carbocycles. The molecule has 18 heavy (non-hydrogen) atoms. The summed E-state index contributed by atoms with van der Waals surface area (Å²) in [4.78, 5) is 11.6. The average Bonchev–Trinajstić information content (AvgIpc) is 2.25. The number of nitrogens with one attached hydrogen (secondary N) is 3. The molecule has 0 atom stereocenters. The number of amides is 1. The van der Waals surface area contributed by atoms with Gasteiger partial charge in [0.25, 0.3) is 0 Å². The largest absolute Gasteiger partial charge is 0.353 e. The van der Waals surface area contributed by atoms with Crippen LogP contribution in [0.1, 0.15) is 20.8 Å². The maximum Gasteiger partial charge on any atom is 0.239 e. The van der Waals surface area contributed by atoms with Crippen molar-refractivity contribution < 1.29 is 4.79 Å². The molecule has 0 aromatic heterocycles. The summed E-state index contributed by atoms with van der Waals surface area (Å²) >= 11 is 5.09. The molecule has 0 aliphatic rings. The second-order valence-electron chi connectivity index (χ2n) is 4.97. The van der Waals surface area contributed by atoms with E-state index < -0.39 is 0 Å². The van der Waals surface area contributed by atoms with Crippen LogP contribution in [-0.4, -0.2) is 23.1 Å². The lowest BCUT2D eigenvalue weighted by Gasteiger charge is -2.21. The minimum Gasteiger partial charge on any atom is -0.353 e. The van der Waals surface area contributed by atoms with Crippen molar-refractivity contribution in [3.05, 3.63) is 30.3 Å². The first-order chi connectivity index (χ1) is 8.37. The van der Waals surface area contributed by atoms with E-state index in [1.165, 1.54) is 0 Å². The highest BCUT2D eigenvalue weighted by molar-refractivity contribution is 7.80. The molecule has 98 valence electrons. The molecule has 0 saturated heterocycles. The van der Waals surface area contributed by atoms with Crippen LogP contribution >= 0.6 is 12.2 Å². The molecule has 0 fully saturated rings. The van der Waals surface area contributed by atoms with Gasteiger partial charge in [-0.15, -0.1) is 0 Å². The quantitative estimate of drug-likeness (QED) is 0.731. The van der Waals surface area contributed by atoms with Crippen LogP contribution in [0.4, 0.5) is 5.69 Å². The van der Waals surface area contributed by atoms with Gasteiger partial charge in [-0.2, -0.15) is 0 Å². The zero-order chi connectivity index (χ0) is 13.6. The maximum absolute atomic E-state index is 11.6. The standard InChI is InChI=1S/C13H19N3OS/c1-13(2,3)16-11(17)9-14-12(18)15-10-7-5-4-6-8-10/h4-8H,9H2,1-3H3,(H,16,17)(H2,14,15,18). The predicted molar refractivity (Wildman–Crippen MR) is 78.6 cm³/mol. The Morgan fingerprint density at radius 3 is 2.39 bits per heavy atom. The van der Waals surface area contributed by atoms with Crippen molar-refractivity contribution in [1.29, 1.82) is 0 Å². The van der Waals surface area contributed by atoms with Gasteiger partial charge in [-0.05, 0) is 45.1 Å². The smallest absolute Gasteiger partial charge is 0.239 e. The molecule has 0 unspecified atom stereocenters. The zero-order valence-electron chi connectivity index (χ0n) is 10.9. The molecule has 0 spiro atoms. The monoisotopic (exact) mass is 265 g/mol. The average molecular weight is 265 g/mol. The number of carbonyl (C=O) groups excluding carboxylic acids is 1. The van der Waals surface area contributed by atoms with E-state index in [1.807, 2.05) is 51.1 Å². The molecule has 0 heterocycles. The fourth-order valence-corrected chi connectivity index (χ4v) is 1.51. The SMILES string of the molecule is CC(C)(C)NC(=O)CNC(=S)Nc1ccccc1. The van der Waals surface area contributed by atoms with E-state index >= 15 is 0 Å². The first kappa shape index (κ1) is 14.4. The molecular formula is C13H19N3OS. The fraction of sp³-hybridized carbons (Fsp3) is 0.385. The number of hydrogen-bond donors (Lipinski definition) is 3. The fourth-order valence-electron chi connectivity index (χ4n) is 1.32. The van der Waals surface area contributed by atoms with Crippen LogP contribution < -0.4 is 16.0 Å². The molecule has 0 aliphatic heterocycles. The van der Waals surface area contributed by atoms with Crippen LogP contribution in [0.15, 0.2) is 30.3 Å².